The fourth-order valence-electron chi connectivity index (χ4n) is 5.13. The largest absolute Gasteiger partial charge is 0.481 e. The average Bonchev–Trinajstić information content (AvgIpc) is 3.28. The van der Waals surface area contributed by atoms with E-state index in [0.29, 0.717) is 17.1 Å². The number of hydrogen-bond acceptors (Lipinski definition) is 5. The van der Waals surface area contributed by atoms with E-state index in [1.807, 2.05) is 37.3 Å². The molecule has 2 fully saturated rings. The number of nitrogens with zero attached hydrogens (tertiary/aromatic N) is 1. The number of carbonyl (C=O) groups is 2. The molecule has 1 N–H and O–H groups in total. The lowest BCUT2D eigenvalue weighted by molar-refractivity contribution is -0.159. The number of ether oxygens (including phenoxy) is 2. The highest BCUT2D eigenvalue weighted by atomic mass is 16.6. The summed E-state index contributed by atoms with van der Waals surface area (Å²) in [7, 11) is 0. The highest BCUT2D eigenvalue weighted by Gasteiger charge is 2.79. The first-order valence-corrected chi connectivity index (χ1v) is 11.3. The van der Waals surface area contributed by atoms with Crippen molar-refractivity contribution in [3.05, 3.63) is 60.2 Å². The molecule has 0 radical (unpaired) electrons. The maximum Gasteiger partial charge on any atom is 0.384 e. The Morgan fingerprint density at radius 1 is 1.06 bits per heavy atom. The average molecular weight is 458 g/mol. The van der Waals surface area contributed by atoms with Gasteiger partial charge in [0.25, 0.3) is 0 Å². The van der Waals surface area contributed by atoms with Crippen LogP contribution in [0.3, 0.4) is 0 Å². The minimum absolute atomic E-state index is 0.483. The summed E-state index contributed by atoms with van der Waals surface area (Å²) in [5.41, 5.74) is -2.26. The maximum atomic E-state index is 12.6. The lowest BCUT2D eigenvalue weighted by Crippen LogP contribution is -2.38. The van der Waals surface area contributed by atoms with Gasteiger partial charge >= 0.3 is 11.9 Å². The van der Waals surface area contributed by atoms with Crippen LogP contribution < -0.4 is 4.74 Å². The predicted molar refractivity (Wildman–Crippen MR) is 125 cm³/mol. The van der Waals surface area contributed by atoms with E-state index < -0.39 is 40.2 Å². The molecule has 2 saturated carbocycles. The second-order valence-corrected chi connectivity index (χ2v) is 9.84. The molecule has 0 amide bonds. The number of rotatable bonds is 6. The molecule has 174 valence electrons. The summed E-state index contributed by atoms with van der Waals surface area (Å²) >= 11 is 0. The first-order chi connectivity index (χ1) is 16.1. The molecule has 2 aromatic carbocycles. The Morgan fingerprint density at radius 3 is 2.32 bits per heavy atom. The number of aliphatic carboxylic acids is 1. The molecular formula is C28H27NO5. The molecule has 6 heteroatoms. The lowest BCUT2D eigenvalue weighted by Gasteiger charge is -2.36. The molecule has 2 aromatic rings. The Labute approximate surface area is 199 Å². The van der Waals surface area contributed by atoms with Crippen LogP contribution in [0.2, 0.25) is 0 Å². The number of carboxylic acid groups (broad SMARTS) is 1. The van der Waals surface area contributed by atoms with Crippen LogP contribution in [0.1, 0.15) is 51.5 Å². The summed E-state index contributed by atoms with van der Waals surface area (Å²) in [6, 6.07) is 18.3. The molecule has 3 atom stereocenters. The molecule has 0 unspecified atom stereocenters. The SMILES string of the molecule is CC1(OC(=O)C#C[C@H]2C(C)(C)[C@]2(C(=O)O)[C@@H](C#N)c2cccc(Oc3ccccc3)c2)CCC1. The van der Waals surface area contributed by atoms with Crippen molar-refractivity contribution in [3.63, 3.8) is 0 Å². The smallest absolute Gasteiger partial charge is 0.384 e. The summed E-state index contributed by atoms with van der Waals surface area (Å²) in [6.45, 7) is 5.41. The number of para-hydroxylation sites is 1. The van der Waals surface area contributed by atoms with Gasteiger partial charge in [0.2, 0.25) is 0 Å². The van der Waals surface area contributed by atoms with Gasteiger partial charge in [-0.3, -0.25) is 4.79 Å². The molecule has 6 nitrogen and oxygen atoms in total. The van der Waals surface area contributed by atoms with Gasteiger partial charge in [-0.25, -0.2) is 4.79 Å². The second-order valence-electron chi connectivity index (χ2n) is 9.84. The van der Waals surface area contributed by atoms with Gasteiger partial charge in [0.15, 0.2) is 0 Å². The zero-order chi connectivity index (χ0) is 24.6. The molecule has 2 aliphatic carbocycles. The Balaban J connectivity index is 1.62. The summed E-state index contributed by atoms with van der Waals surface area (Å²) in [5.74, 6) is 3.03. The fraction of sp³-hybridized carbons (Fsp3) is 0.393. The monoisotopic (exact) mass is 457 g/mol. The summed E-state index contributed by atoms with van der Waals surface area (Å²) in [5, 5.41) is 20.4. The van der Waals surface area contributed by atoms with E-state index in [2.05, 4.69) is 17.9 Å². The summed E-state index contributed by atoms with van der Waals surface area (Å²) < 4.78 is 11.3. The van der Waals surface area contributed by atoms with Crippen LogP contribution in [0.4, 0.5) is 0 Å². The number of carbonyl (C=O) groups excluding carboxylic acids is 1. The van der Waals surface area contributed by atoms with Crippen LogP contribution >= 0.6 is 0 Å². The van der Waals surface area contributed by atoms with Gasteiger partial charge in [0.05, 0.1) is 12.0 Å². The predicted octanol–water partition coefficient (Wildman–Crippen LogP) is 5.30. The van der Waals surface area contributed by atoms with E-state index in [-0.39, 0.29) is 0 Å². The summed E-state index contributed by atoms with van der Waals surface area (Å²) in [4.78, 5) is 24.9. The zero-order valence-electron chi connectivity index (χ0n) is 19.5. The Kier molecular flexibility index (Phi) is 5.87. The van der Waals surface area contributed by atoms with Crippen molar-refractivity contribution in [1.29, 1.82) is 5.26 Å². The van der Waals surface area contributed by atoms with Gasteiger partial charge in [-0.1, -0.05) is 50.1 Å². The van der Waals surface area contributed by atoms with Crippen molar-refractivity contribution >= 4 is 11.9 Å². The van der Waals surface area contributed by atoms with Crippen molar-refractivity contribution in [2.75, 3.05) is 0 Å². The van der Waals surface area contributed by atoms with Gasteiger partial charge in [-0.15, -0.1) is 0 Å². The topological polar surface area (TPSA) is 96.6 Å². The molecule has 0 aliphatic heterocycles. The third kappa shape index (κ3) is 3.90. The second kappa shape index (κ2) is 8.54. The Hall–Kier alpha value is -3.77. The number of carboxylic acids is 1. The van der Waals surface area contributed by atoms with Crippen LogP contribution in [0.25, 0.3) is 0 Å². The zero-order valence-corrected chi connectivity index (χ0v) is 19.5. The van der Waals surface area contributed by atoms with Crippen LogP contribution in [-0.4, -0.2) is 22.6 Å². The van der Waals surface area contributed by atoms with Crippen LogP contribution in [0.15, 0.2) is 54.6 Å². The third-order valence-electron chi connectivity index (χ3n) is 7.34. The van der Waals surface area contributed by atoms with Crippen LogP contribution in [-0.2, 0) is 14.3 Å². The third-order valence-corrected chi connectivity index (χ3v) is 7.34. The summed E-state index contributed by atoms with van der Waals surface area (Å²) in [6.07, 6.45) is 2.60. The minimum Gasteiger partial charge on any atom is -0.481 e. The van der Waals surface area contributed by atoms with Crippen molar-refractivity contribution in [2.24, 2.45) is 16.7 Å². The van der Waals surface area contributed by atoms with E-state index in [1.165, 1.54) is 0 Å². The fourth-order valence-corrected chi connectivity index (χ4v) is 5.13. The van der Waals surface area contributed by atoms with Gasteiger partial charge in [0, 0.05) is 11.8 Å². The molecule has 34 heavy (non-hydrogen) atoms. The van der Waals surface area contributed by atoms with E-state index in [4.69, 9.17) is 9.47 Å². The highest BCUT2D eigenvalue weighted by molar-refractivity contribution is 5.90. The number of esters is 1. The number of benzene rings is 2. The quantitative estimate of drug-likeness (QED) is 0.359. The first-order valence-electron chi connectivity index (χ1n) is 11.3. The van der Waals surface area contributed by atoms with E-state index >= 15 is 0 Å². The standard InChI is InChI=1S/C28H27NO5/c1-26(2)23(13-14-24(30)34-27(3)15-8-16-27)28(26,25(31)32)22(18-29)19-9-7-12-21(17-19)33-20-10-5-4-6-11-20/h4-7,9-12,17,22-23H,8,15-16H2,1-3H3,(H,31,32)/t22-,23-,28+/m0/s1. The van der Waals surface area contributed by atoms with Crippen molar-refractivity contribution in [1.82, 2.24) is 0 Å². The molecule has 0 aromatic heterocycles. The van der Waals surface area contributed by atoms with E-state index in [9.17, 15) is 20.0 Å². The Bertz CT molecular complexity index is 1210. The number of hydrogen-bond donors (Lipinski definition) is 1. The van der Waals surface area contributed by atoms with Gasteiger partial charge in [-0.05, 0) is 61.4 Å². The van der Waals surface area contributed by atoms with Gasteiger partial charge < -0.3 is 14.6 Å². The van der Waals surface area contributed by atoms with Crippen LogP contribution in [0.5, 0.6) is 11.5 Å². The minimum atomic E-state index is -1.47. The normalized spacial score (nSPS) is 24.2. The molecular weight excluding hydrogens is 430 g/mol. The Morgan fingerprint density at radius 2 is 1.74 bits per heavy atom. The van der Waals surface area contributed by atoms with E-state index in [1.54, 1.807) is 38.1 Å². The molecule has 0 saturated heterocycles. The molecule has 0 spiro atoms. The maximum absolute atomic E-state index is 12.6. The van der Waals surface area contributed by atoms with Gasteiger partial charge in [0.1, 0.15) is 22.5 Å². The van der Waals surface area contributed by atoms with E-state index in [0.717, 1.165) is 19.3 Å². The van der Waals surface area contributed by atoms with Crippen molar-refractivity contribution < 1.29 is 24.2 Å². The molecule has 2 aliphatic rings. The highest BCUT2D eigenvalue weighted by Crippen LogP contribution is 2.74. The van der Waals surface area contributed by atoms with Crippen molar-refractivity contribution in [2.45, 2.75) is 51.6 Å². The van der Waals surface area contributed by atoms with Gasteiger partial charge in [-0.2, -0.15) is 5.26 Å². The molecule has 4 rings (SSSR count). The van der Waals surface area contributed by atoms with Crippen LogP contribution in [0, 0.1) is 39.9 Å². The molecule has 0 bridgehead atoms. The van der Waals surface area contributed by atoms with Crippen molar-refractivity contribution in [3.8, 4) is 29.4 Å². The molecule has 0 heterocycles. The number of nitriles is 1. The lowest BCUT2D eigenvalue weighted by atomic mass is 9.78. The first kappa shape index (κ1) is 23.4.